The molecule has 9 aromatic carbocycles. The lowest BCUT2D eigenvalue weighted by Crippen LogP contribution is -2.14. The van der Waals surface area contributed by atoms with Gasteiger partial charge in [-0.25, -0.2) is 0 Å². The highest BCUT2D eigenvalue weighted by molar-refractivity contribution is 5.94. The highest BCUT2D eigenvalue weighted by Crippen LogP contribution is 2.50. The SMILES string of the molecule is CC1(C)c2ccccc2-c2ccc(-c3ccnc(-c4ccc(-c5ccccc5-c5cc(-c6ccccc6-c6ccccc6)cc(-c6ccccc6-c6ccccc6)c5)cc4)c3)cc21. The van der Waals surface area contributed by atoms with Crippen LogP contribution in [0.25, 0.3) is 100 Å². The van der Waals surface area contributed by atoms with Crippen molar-refractivity contribution in [3.8, 4) is 100 Å². The van der Waals surface area contributed by atoms with Gasteiger partial charge in [-0.3, -0.25) is 4.98 Å². The van der Waals surface area contributed by atoms with Crippen LogP contribution in [0, 0.1) is 0 Å². The Morgan fingerprint density at radius 3 is 1.13 bits per heavy atom. The van der Waals surface area contributed by atoms with Crippen LogP contribution >= 0.6 is 0 Å². The van der Waals surface area contributed by atoms with Crippen LogP contribution in [0.5, 0.6) is 0 Å². The van der Waals surface area contributed by atoms with E-state index in [0.717, 1.165) is 16.8 Å². The summed E-state index contributed by atoms with van der Waals surface area (Å²) < 4.78 is 0. The van der Waals surface area contributed by atoms with Gasteiger partial charge in [-0.1, -0.05) is 208 Å². The maximum Gasteiger partial charge on any atom is 0.0708 e. The van der Waals surface area contributed by atoms with E-state index in [9.17, 15) is 0 Å². The van der Waals surface area contributed by atoms with Gasteiger partial charge < -0.3 is 0 Å². The van der Waals surface area contributed by atoms with Gasteiger partial charge in [0.05, 0.1) is 5.69 Å². The first-order valence-corrected chi connectivity index (χ1v) is 21.9. The predicted molar refractivity (Wildman–Crippen MR) is 265 cm³/mol. The number of hydrogen-bond donors (Lipinski definition) is 0. The number of fused-ring (bicyclic) bond motifs is 3. The zero-order valence-electron chi connectivity index (χ0n) is 35.5. The number of rotatable bonds is 8. The molecule has 0 aliphatic heterocycles. The average Bonchev–Trinajstić information content (AvgIpc) is 3.59. The Bertz CT molecular complexity index is 3180. The monoisotopic (exact) mass is 803 g/mol. The smallest absolute Gasteiger partial charge is 0.0708 e. The molecule has 1 heterocycles. The number of hydrogen-bond acceptors (Lipinski definition) is 1. The fourth-order valence-corrected chi connectivity index (χ4v) is 9.76. The molecule has 1 nitrogen and oxygen atoms in total. The Morgan fingerprint density at radius 1 is 0.254 bits per heavy atom. The summed E-state index contributed by atoms with van der Waals surface area (Å²) in [6, 6.07) is 84.0. The van der Waals surface area contributed by atoms with Crippen molar-refractivity contribution in [1.29, 1.82) is 0 Å². The minimum Gasteiger partial charge on any atom is -0.256 e. The Balaban J connectivity index is 0.984. The van der Waals surface area contributed by atoms with Crippen LogP contribution in [0.4, 0.5) is 0 Å². The van der Waals surface area contributed by atoms with Gasteiger partial charge in [0.1, 0.15) is 0 Å². The lowest BCUT2D eigenvalue weighted by Gasteiger charge is -2.22. The molecule has 0 atom stereocenters. The molecular weight excluding hydrogens is 759 g/mol. The molecule has 0 radical (unpaired) electrons. The van der Waals surface area contributed by atoms with E-state index in [1.807, 2.05) is 6.20 Å². The molecule has 0 fully saturated rings. The highest BCUT2D eigenvalue weighted by atomic mass is 14.7. The summed E-state index contributed by atoms with van der Waals surface area (Å²) >= 11 is 0. The zero-order valence-corrected chi connectivity index (χ0v) is 35.5. The maximum absolute atomic E-state index is 4.87. The van der Waals surface area contributed by atoms with Gasteiger partial charge in [0.2, 0.25) is 0 Å². The van der Waals surface area contributed by atoms with Crippen molar-refractivity contribution >= 4 is 0 Å². The van der Waals surface area contributed by atoms with Crippen molar-refractivity contribution in [3.05, 3.63) is 248 Å². The van der Waals surface area contributed by atoms with E-state index in [0.29, 0.717) is 0 Å². The van der Waals surface area contributed by atoms with Crippen LogP contribution in [0.2, 0.25) is 0 Å². The molecule has 1 aliphatic carbocycles. The van der Waals surface area contributed by atoms with Crippen LogP contribution in [-0.4, -0.2) is 4.98 Å². The van der Waals surface area contributed by atoms with Gasteiger partial charge in [0, 0.05) is 17.2 Å². The van der Waals surface area contributed by atoms with Crippen molar-refractivity contribution < 1.29 is 0 Å². The molecule has 0 saturated carbocycles. The van der Waals surface area contributed by atoms with Crippen molar-refractivity contribution in [2.45, 2.75) is 19.3 Å². The molecule has 1 heteroatoms. The van der Waals surface area contributed by atoms with Gasteiger partial charge in [-0.05, 0) is 137 Å². The third-order valence-electron chi connectivity index (χ3n) is 13.0. The second-order valence-corrected chi connectivity index (χ2v) is 17.1. The average molecular weight is 804 g/mol. The Kier molecular flexibility index (Phi) is 9.59. The molecule has 0 saturated heterocycles. The van der Waals surface area contributed by atoms with Crippen LogP contribution in [0.15, 0.2) is 237 Å². The molecular formula is C62H45N. The molecule has 63 heavy (non-hydrogen) atoms. The fraction of sp³-hybridized carbons (Fsp3) is 0.0484. The fourth-order valence-electron chi connectivity index (χ4n) is 9.76. The minimum absolute atomic E-state index is 0.0495. The third-order valence-corrected chi connectivity index (χ3v) is 13.0. The van der Waals surface area contributed by atoms with Gasteiger partial charge in [0.15, 0.2) is 0 Å². The first-order valence-electron chi connectivity index (χ1n) is 21.9. The van der Waals surface area contributed by atoms with Crippen LogP contribution in [-0.2, 0) is 5.41 Å². The van der Waals surface area contributed by atoms with Crippen LogP contribution in [0.3, 0.4) is 0 Å². The summed E-state index contributed by atoms with van der Waals surface area (Å²) in [7, 11) is 0. The molecule has 1 aliphatic rings. The van der Waals surface area contributed by atoms with E-state index >= 15 is 0 Å². The number of benzene rings is 9. The second kappa shape index (κ2) is 15.9. The van der Waals surface area contributed by atoms with Crippen molar-refractivity contribution in [1.82, 2.24) is 4.98 Å². The van der Waals surface area contributed by atoms with Crippen LogP contribution in [0.1, 0.15) is 25.0 Å². The maximum atomic E-state index is 4.87. The van der Waals surface area contributed by atoms with E-state index in [1.165, 1.54) is 94.6 Å². The van der Waals surface area contributed by atoms with Crippen molar-refractivity contribution in [3.63, 3.8) is 0 Å². The molecule has 0 spiro atoms. The first kappa shape index (κ1) is 38.1. The summed E-state index contributed by atoms with van der Waals surface area (Å²) in [5, 5.41) is 0. The molecule has 298 valence electrons. The minimum atomic E-state index is -0.0495. The van der Waals surface area contributed by atoms with Crippen LogP contribution < -0.4 is 0 Å². The van der Waals surface area contributed by atoms with Gasteiger partial charge in [0.25, 0.3) is 0 Å². The highest BCUT2D eigenvalue weighted by Gasteiger charge is 2.35. The first-order chi connectivity index (χ1) is 31.0. The number of aromatic nitrogens is 1. The normalized spacial score (nSPS) is 12.4. The van der Waals surface area contributed by atoms with E-state index in [4.69, 9.17) is 4.98 Å². The quantitative estimate of drug-likeness (QED) is 0.149. The standard InChI is InChI=1S/C62H45N/c1-62(2)59-28-16-15-27-57(59)58-34-33-46(40-60(58)62)47-35-36-63-61(41-47)45-31-29-44(30-32-45)53-23-11-14-26-56(53)50-38-48(54-24-12-9-21-51(54)42-17-5-3-6-18-42)37-49(39-50)55-25-13-10-22-52(55)43-19-7-4-8-20-43/h3-41H,1-2H3. The third kappa shape index (κ3) is 6.98. The molecule has 10 aromatic rings. The van der Waals surface area contributed by atoms with Gasteiger partial charge >= 0.3 is 0 Å². The molecule has 0 N–H and O–H groups in total. The lowest BCUT2D eigenvalue weighted by atomic mass is 9.81. The Labute approximate surface area is 370 Å². The van der Waals surface area contributed by atoms with Crippen molar-refractivity contribution in [2.75, 3.05) is 0 Å². The summed E-state index contributed by atoms with van der Waals surface area (Å²) in [5.41, 5.74) is 24.1. The van der Waals surface area contributed by atoms with E-state index in [1.54, 1.807) is 0 Å². The lowest BCUT2D eigenvalue weighted by molar-refractivity contribution is 0.660. The Hall–Kier alpha value is -7.87. The Morgan fingerprint density at radius 2 is 0.619 bits per heavy atom. The van der Waals surface area contributed by atoms with Gasteiger partial charge in [-0.15, -0.1) is 0 Å². The molecule has 0 bridgehead atoms. The van der Waals surface area contributed by atoms with E-state index in [-0.39, 0.29) is 5.41 Å². The topological polar surface area (TPSA) is 12.9 Å². The molecule has 11 rings (SSSR count). The summed E-state index contributed by atoms with van der Waals surface area (Å²) in [4.78, 5) is 4.87. The molecule has 0 unspecified atom stereocenters. The zero-order chi connectivity index (χ0) is 42.3. The van der Waals surface area contributed by atoms with Crippen molar-refractivity contribution in [2.24, 2.45) is 0 Å². The van der Waals surface area contributed by atoms with E-state index < -0.39 is 0 Å². The largest absolute Gasteiger partial charge is 0.256 e. The number of pyridine rings is 1. The second-order valence-electron chi connectivity index (χ2n) is 17.1. The summed E-state index contributed by atoms with van der Waals surface area (Å²) in [5.74, 6) is 0. The summed E-state index contributed by atoms with van der Waals surface area (Å²) in [6.45, 7) is 4.68. The van der Waals surface area contributed by atoms with E-state index in [2.05, 4.69) is 244 Å². The number of nitrogens with zero attached hydrogens (tertiary/aromatic N) is 1. The molecule has 1 aromatic heterocycles. The predicted octanol–water partition coefficient (Wildman–Crippen LogP) is 16.7. The van der Waals surface area contributed by atoms with Gasteiger partial charge in [-0.2, -0.15) is 0 Å². The summed E-state index contributed by atoms with van der Waals surface area (Å²) in [6.07, 6.45) is 1.94. The molecule has 0 amide bonds.